The Labute approximate surface area is 175 Å². The average Bonchev–Trinajstić information content (AvgIpc) is 2.73. The molecule has 0 bridgehead atoms. The third-order valence-corrected chi connectivity index (χ3v) is 4.86. The van der Waals surface area contributed by atoms with Crippen LogP contribution in [0.5, 0.6) is 11.5 Å². The van der Waals surface area contributed by atoms with E-state index >= 15 is 0 Å². The second-order valence-electron chi connectivity index (χ2n) is 6.99. The number of aryl methyl sites for hydroxylation is 1. The van der Waals surface area contributed by atoms with Crippen LogP contribution in [0.25, 0.3) is 6.08 Å². The highest BCUT2D eigenvalue weighted by molar-refractivity contribution is 6.39. The minimum absolute atomic E-state index is 0.0162. The third-order valence-electron chi connectivity index (χ3n) is 4.86. The number of para-hydroxylation sites is 1. The molecule has 0 saturated carbocycles. The number of ether oxygens (including phenoxy) is 2. The fraction of sp³-hybridized carbons (Fsp3) is 0.261. The molecule has 7 heteroatoms. The van der Waals surface area contributed by atoms with Crippen molar-refractivity contribution in [3.05, 3.63) is 59.2 Å². The average molecular weight is 408 g/mol. The van der Waals surface area contributed by atoms with Gasteiger partial charge < -0.3 is 9.47 Å². The van der Waals surface area contributed by atoms with Crippen molar-refractivity contribution in [3.63, 3.8) is 0 Å². The number of urea groups is 1. The number of imide groups is 2. The first-order valence-electron chi connectivity index (χ1n) is 9.67. The molecular formula is C23H24N2O5. The summed E-state index contributed by atoms with van der Waals surface area (Å²) in [7, 11) is 1.52. The van der Waals surface area contributed by atoms with E-state index < -0.39 is 17.8 Å². The molecule has 156 valence electrons. The number of benzene rings is 2. The molecule has 30 heavy (non-hydrogen) atoms. The van der Waals surface area contributed by atoms with E-state index in [-0.39, 0.29) is 11.7 Å². The van der Waals surface area contributed by atoms with E-state index in [1.165, 1.54) is 13.2 Å². The minimum Gasteiger partial charge on any atom is -0.493 e. The fourth-order valence-electron chi connectivity index (χ4n) is 3.03. The number of methoxy groups -OCH3 is 1. The van der Waals surface area contributed by atoms with Crippen molar-refractivity contribution in [2.24, 2.45) is 0 Å². The molecule has 1 unspecified atom stereocenters. The second-order valence-corrected chi connectivity index (χ2v) is 6.99. The summed E-state index contributed by atoms with van der Waals surface area (Å²) in [5.74, 6) is -0.365. The highest BCUT2D eigenvalue weighted by Crippen LogP contribution is 2.31. The molecule has 1 aliphatic rings. The van der Waals surface area contributed by atoms with Gasteiger partial charge in [0.05, 0.1) is 18.9 Å². The van der Waals surface area contributed by atoms with Crippen LogP contribution in [0.15, 0.2) is 48.0 Å². The first-order valence-corrected chi connectivity index (χ1v) is 9.67. The van der Waals surface area contributed by atoms with E-state index in [0.29, 0.717) is 22.7 Å². The van der Waals surface area contributed by atoms with E-state index in [1.807, 2.05) is 19.9 Å². The lowest BCUT2D eigenvalue weighted by Crippen LogP contribution is -2.54. The van der Waals surface area contributed by atoms with Crippen LogP contribution < -0.4 is 19.7 Å². The van der Waals surface area contributed by atoms with Gasteiger partial charge >= 0.3 is 6.03 Å². The summed E-state index contributed by atoms with van der Waals surface area (Å²) < 4.78 is 11.2. The molecule has 1 aliphatic heterocycles. The quantitative estimate of drug-likeness (QED) is 0.580. The smallest absolute Gasteiger partial charge is 0.335 e. The molecule has 7 nitrogen and oxygen atoms in total. The van der Waals surface area contributed by atoms with Crippen LogP contribution >= 0.6 is 0 Å². The van der Waals surface area contributed by atoms with Gasteiger partial charge in [0.25, 0.3) is 11.8 Å². The molecule has 1 saturated heterocycles. The molecule has 0 aliphatic carbocycles. The normalized spacial score (nSPS) is 16.5. The number of amides is 4. The number of carbonyl (C=O) groups excluding carboxylic acids is 3. The Kier molecular flexibility index (Phi) is 6.20. The molecule has 3 rings (SSSR count). The van der Waals surface area contributed by atoms with Crippen LogP contribution in [0.3, 0.4) is 0 Å². The first kappa shape index (κ1) is 21.1. The summed E-state index contributed by atoms with van der Waals surface area (Å²) in [6.45, 7) is 5.76. The largest absolute Gasteiger partial charge is 0.493 e. The topological polar surface area (TPSA) is 84.9 Å². The first-order chi connectivity index (χ1) is 14.3. The van der Waals surface area contributed by atoms with Crippen molar-refractivity contribution >= 4 is 29.6 Å². The Hall–Kier alpha value is -3.61. The fourth-order valence-corrected chi connectivity index (χ4v) is 3.03. The van der Waals surface area contributed by atoms with Crippen molar-refractivity contribution in [1.82, 2.24) is 5.32 Å². The molecule has 0 radical (unpaired) electrons. The Bertz CT molecular complexity index is 1030. The lowest BCUT2D eigenvalue weighted by Gasteiger charge is -2.27. The molecule has 1 fully saturated rings. The number of nitrogens with zero attached hydrogens (tertiary/aromatic N) is 1. The van der Waals surface area contributed by atoms with Gasteiger partial charge in [-0.25, -0.2) is 9.69 Å². The summed E-state index contributed by atoms with van der Waals surface area (Å²) in [5, 5.41) is 2.23. The molecule has 0 spiro atoms. The van der Waals surface area contributed by atoms with Crippen molar-refractivity contribution < 1.29 is 23.9 Å². The van der Waals surface area contributed by atoms with Gasteiger partial charge in [-0.2, -0.15) is 0 Å². The highest BCUT2D eigenvalue weighted by Gasteiger charge is 2.37. The minimum atomic E-state index is -0.772. The van der Waals surface area contributed by atoms with Crippen LogP contribution in [0.4, 0.5) is 10.5 Å². The standard InChI is InChI=1S/C23H24N2O5/c1-5-15(3)30-19-11-10-16(13-20(19)29-4)12-17-21(26)24-23(28)25(22(17)27)18-9-7-6-8-14(18)2/h6-13,15H,5H2,1-4H3,(H,24,26,28)/b17-12+. The Morgan fingerprint density at radius 3 is 2.50 bits per heavy atom. The number of hydrogen-bond acceptors (Lipinski definition) is 5. The van der Waals surface area contributed by atoms with E-state index in [2.05, 4.69) is 5.32 Å². The highest BCUT2D eigenvalue weighted by atomic mass is 16.5. The van der Waals surface area contributed by atoms with Gasteiger partial charge in [-0.1, -0.05) is 31.2 Å². The maximum Gasteiger partial charge on any atom is 0.335 e. The van der Waals surface area contributed by atoms with Gasteiger partial charge in [0.2, 0.25) is 0 Å². The molecule has 1 atom stereocenters. The monoisotopic (exact) mass is 408 g/mol. The zero-order valence-electron chi connectivity index (χ0n) is 17.4. The predicted molar refractivity (Wildman–Crippen MR) is 114 cm³/mol. The third kappa shape index (κ3) is 4.20. The number of nitrogens with one attached hydrogen (secondary N) is 1. The maximum absolute atomic E-state index is 13.0. The summed E-state index contributed by atoms with van der Waals surface area (Å²) in [6, 6.07) is 11.3. The van der Waals surface area contributed by atoms with Gasteiger partial charge in [-0.15, -0.1) is 0 Å². The van der Waals surface area contributed by atoms with Crippen molar-refractivity contribution in [1.29, 1.82) is 0 Å². The van der Waals surface area contributed by atoms with Crippen LogP contribution in [0.2, 0.25) is 0 Å². The van der Waals surface area contributed by atoms with Crippen molar-refractivity contribution in [2.75, 3.05) is 12.0 Å². The molecule has 2 aromatic rings. The number of rotatable bonds is 6. The summed E-state index contributed by atoms with van der Waals surface area (Å²) >= 11 is 0. The van der Waals surface area contributed by atoms with Gasteiger partial charge in [-0.05, 0) is 55.7 Å². The lowest BCUT2D eigenvalue weighted by molar-refractivity contribution is -0.122. The number of carbonyl (C=O) groups is 3. The molecule has 2 aromatic carbocycles. The Balaban J connectivity index is 1.97. The molecule has 1 N–H and O–H groups in total. The van der Waals surface area contributed by atoms with Crippen molar-refractivity contribution in [2.45, 2.75) is 33.3 Å². The predicted octanol–water partition coefficient (Wildman–Crippen LogP) is 3.85. The summed E-state index contributed by atoms with van der Waals surface area (Å²) in [6.07, 6.45) is 2.29. The van der Waals surface area contributed by atoms with Gasteiger partial charge in [0.15, 0.2) is 11.5 Å². The number of anilines is 1. The molecule has 4 amide bonds. The van der Waals surface area contributed by atoms with Gasteiger partial charge in [0, 0.05) is 0 Å². The lowest BCUT2D eigenvalue weighted by atomic mass is 10.1. The number of hydrogen-bond donors (Lipinski definition) is 1. The van der Waals surface area contributed by atoms with Crippen LogP contribution in [-0.4, -0.2) is 31.1 Å². The van der Waals surface area contributed by atoms with Crippen LogP contribution in [0, 0.1) is 6.92 Å². The second kappa shape index (κ2) is 8.82. The van der Waals surface area contributed by atoms with E-state index in [9.17, 15) is 14.4 Å². The molecule has 1 heterocycles. The summed E-state index contributed by atoms with van der Waals surface area (Å²) in [4.78, 5) is 38.7. The molecule has 0 aromatic heterocycles. The Morgan fingerprint density at radius 1 is 1.10 bits per heavy atom. The van der Waals surface area contributed by atoms with Crippen molar-refractivity contribution in [3.8, 4) is 11.5 Å². The van der Waals surface area contributed by atoms with E-state index in [1.54, 1.807) is 43.3 Å². The van der Waals surface area contributed by atoms with Crippen LogP contribution in [0.1, 0.15) is 31.4 Å². The zero-order chi connectivity index (χ0) is 21.8. The van der Waals surface area contributed by atoms with Crippen LogP contribution in [-0.2, 0) is 9.59 Å². The Morgan fingerprint density at radius 2 is 1.83 bits per heavy atom. The maximum atomic E-state index is 13.0. The van der Waals surface area contributed by atoms with E-state index in [4.69, 9.17) is 9.47 Å². The SMILES string of the molecule is CCC(C)Oc1ccc(/C=C2\C(=O)NC(=O)N(c3ccccc3C)C2=O)cc1OC. The molecular weight excluding hydrogens is 384 g/mol. The summed E-state index contributed by atoms with van der Waals surface area (Å²) in [5.41, 5.74) is 1.59. The number of barbiturate groups is 1. The van der Waals surface area contributed by atoms with E-state index in [0.717, 1.165) is 16.9 Å². The van der Waals surface area contributed by atoms with Gasteiger partial charge in [0.1, 0.15) is 5.57 Å². The van der Waals surface area contributed by atoms with Gasteiger partial charge in [-0.3, -0.25) is 14.9 Å². The zero-order valence-corrected chi connectivity index (χ0v) is 17.4.